The van der Waals surface area contributed by atoms with Gasteiger partial charge in [0.25, 0.3) is 6.29 Å². The van der Waals surface area contributed by atoms with E-state index in [2.05, 4.69) is 196 Å². The Kier molecular flexibility index (Phi) is 62.1. The van der Waals surface area contributed by atoms with E-state index >= 15 is 0 Å². The molecule has 0 radical (unpaired) electrons. The van der Waals surface area contributed by atoms with Gasteiger partial charge in [0, 0.05) is 12.8 Å². The number of esters is 2. The quantitative estimate of drug-likeness (QED) is 0.0211. The Morgan fingerprint density at radius 2 is 0.621 bits per heavy atom. The molecule has 0 fully saturated rings. The van der Waals surface area contributed by atoms with Crippen LogP contribution in [0.2, 0.25) is 0 Å². The summed E-state index contributed by atoms with van der Waals surface area (Å²) in [5.41, 5.74) is 0. The van der Waals surface area contributed by atoms with Crippen molar-refractivity contribution in [2.75, 3.05) is 47.5 Å². The molecule has 0 amide bonds. The molecule has 0 aliphatic rings. The molecule has 87 heavy (non-hydrogen) atoms. The second kappa shape index (κ2) is 66.3. The number of allylic oxidation sites excluding steroid dienone is 30. The summed E-state index contributed by atoms with van der Waals surface area (Å²) in [5.74, 6) is -2.06. The van der Waals surface area contributed by atoms with Gasteiger partial charge >= 0.3 is 17.9 Å². The molecule has 9 nitrogen and oxygen atoms in total. The predicted molar refractivity (Wildman–Crippen MR) is 372 cm³/mol. The Morgan fingerprint density at radius 3 is 0.920 bits per heavy atom. The monoisotopic (exact) mass is 1200 g/mol. The van der Waals surface area contributed by atoms with Crippen LogP contribution in [0.25, 0.3) is 0 Å². The number of carbonyl (C=O) groups is 3. The average molecular weight is 1200 g/mol. The lowest BCUT2D eigenvalue weighted by Crippen LogP contribution is -2.40. The lowest BCUT2D eigenvalue weighted by Gasteiger charge is -2.25. The number of rotatable bonds is 60. The Morgan fingerprint density at radius 1 is 0.345 bits per heavy atom. The van der Waals surface area contributed by atoms with Crippen LogP contribution in [0.1, 0.15) is 232 Å². The van der Waals surface area contributed by atoms with Crippen LogP contribution in [0.3, 0.4) is 0 Å². The van der Waals surface area contributed by atoms with Gasteiger partial charge in [-0.15, -0.1) is 0 Å². The molecule has 0 rings (SSSR count). The van der Waals surface area contributed by atoms with E-state index in [1.807, 2.05) is 21.1 Å². The third-order valence-electron chi connectivity index (χ3n) is 13.7. The standard InChI is InChI=1S/C78H123NO8/c1-6-8-10-12-14-16-18-20-22-24-26-28-30-31-32-33-34-35-36-37-38-39-40-41-42-43-44-45-47-49-51-53-55-57-59-61-63-65-67-69-76(81)87-74(73-86-78(77(82)83)84-71-70-79(3,4)5)72-85-75(80)68-66-64-62-60-58-56-54-52-50-48-46-29-27-25-23-21-19-17-15-13-11-9-7-2/h8-11,14-17,20-23,26-29,31-32,34-35,37-38,40-41,43-44,48,50,54,56,74,78H,6-7,12-13,18-19,24-25,30,33,36,39,42,45-47,49,51-53,55,57-73H2,1-5H3/p+1/b10-8-,11-9-,16-14-,17-15-,22-20-,23-21-,28-26-,29-27-,32-31-,35-34-,38-37-,41-40-,44-43-,50-48-,56-54-. The fraction of sp³-hybridized carbons (Fsp3) is 0.577. The third-order valence-corrected chi connectivity index (χ3v) is 13.7. The summed E-state index contributed by atoms with van der Waals surface area (Å²) in [6, 6.07) is 0. The van der Waals surface area contributed by atoms with E-state index < -0.39 is 24.3 Å². The summed E-state index contributed by atoms with van der Waals surface area (Å²) in [6.45, 7) is 4.59. The van der Waals surface area contributed by atoms with E-state index in [9.17, 15) is 19.5 Å². The Labute approximate surface area is 532 Å². The first kappa shape index (κ1) is 81.4. The van der Waals surface area contributed by atoms with Crippen LogP contribution in [0.15, 0.2) is 182 Å². The minimum absolute atomic E-state index is 0.173. The molecule has 0 aliphatic heterocycles. The van der Waals surface area contributed by atoms with Gasteiger partial charge in [-0.1, -0.05) is 267 Å². The minimum Gasteiger partial charge on any atom is -0.477 e. The molecule has 0 aliphatic carbocycles. The number of unbranched alkanes of at least 4 members (excludes halogenated alkanes) is 15. The molecule has 488 valence electrons. The first-order valence-electron chi connectivity index (χ1n) is 33.9. The van der Waals surface area contributed by atoms with Crippen LogP contribution >= 0.6 is 0 Å². The molecule has 0 aromatic rings. The van der Waals surface area contributed by atoms with Crippen molar-refractivity contribution < 1.29 is 42.9 Å². The predicted octanol–water partition coefficient (Wildman–Crippen LogP) is 21.2. The van der Waals surface area contributed by atoms with Gasteiger partial charge in [-0.25, -0.2) is 4.79 Å². The normalized spacial score (nSPS) is 13.9. The van der Waals surface area contributed by atoms with Crippen LogP contribution in [0.4, 0.5) is 0 Å². The van der Waals surface area contributed by atoms with Crippen molar-refractivity contribution in [3.8, 4) is 0 Å². The highest BCUT2D eigenvalue weighted by molar-refractivity contribution is 5.71. The molecular formula is C78H124NO8+. The number of likely N-dealkylation sites (N-methyl/N-ethyl adjacent to an activating group) is 1. The zero-order valence-corrected chi connectivity index (χ0v) is 55.6. The van der Waals surface area contributed by atoms with E-state index in [0.29, 0.717) is 23.9 Å². The van der Waals surface area contributed by atoms with E-state index in [4.69, 9.17) is 18.9 Å². The van der Waals surface area contributed by atoms with E-state index in [1.165, 1.54) is 44.9 Å². The molecule has 0 heterocycles. The zero-order chi connectivity index (χ0) is 63.3. The number of carboxylic acids is 1. The number of ether oxygens (including phenoxy) is 4. The summed E-state index contributed by atoms with van der Waals surface area (Å²) in [4.78, 5) is 37.6. The SMILES string of the molecule is CC/C=C\C/C=C\C/C=C\C/C=C\C/C=C\C/C=C\C/C=C\C/C=C\C/C=C\CCCCCCCCCCCCCC(=O)OC(COC(=O)CCCCCC/C=C\C/C=C\C/C=C\C/C=C\C/C=C\C/C=C\CC)COC(OCC[N+](C)(C)C)C(=O)O. The lowest BCUT2D eigenvalue weighted by molar-refractivity contribution is -0.870. The first-order valence-corrected chi connectivity index (χ1v) is 33.9. The van der Waals surface area contributed by atoms with Crippen LogP contribution in [-0.2, 0) is 33.3 Å². The number of hydrogen-bond donors (Lipinski definition) is 1. The highest BCUT2D eigenvalue weighted by atomic mass is 16.7. The molecule has 1 N–H and O–H groups in total. The number of quaternary nitrogens is 1. The summed E-state index contributed by atoms with van der Waals surface area (Å²) in [6.07, 6.45) is 98.5. The maximum Gasteiger partial charge on any atom is 0.361 e. The Bertz CT molecular complexity index is 2080. The fourth-order valence-corrected chi connectivity index (χ4v) is 8.54. The molecular weight excluding hydrogens is 1080 g/mol. The van der Waals surface area contributed by atoms with Gasteiger partial charge in [-0.3, -0.25) is 9.59 Å². The van der Waals surface area contributed by atoms with Crippen molar-refractivity contribution in [3.63, 3.8) is 0 Å². The van der Waals surface area contributed by atoms with Gasteiger partial charge in [0.15, 0.2) is 6.10 Å². The van der Waals surface area contributed by atoms with Gasteiger partial charge in [-0.05, 0) is 135 Å². The van der Waals surface area contributed by atoms with Crippen LogP contribution in [0.5, 0.6) is 0 Å². The minimum atomic E-state index is -1.53. The molecule has 0 saturated carbocycles. The largest absolute Gasteiger partial charge is 0.477 e. The highest BCUT2D eigenvalue weighted by Gasteiger charge is 2.25. The van der Waals surface area contributed by atoms with Crippen molar-refractivity contribution in [2.24, 2.45) is 0 Å². The number of hydrogen-bond acceptors (Lipinski definition) is 7. The zero-order valence-electron chi connectivity index (χ0n) is 55.6. The molecule has 0 aromatic heterocycles. The van der Waals surface area contributed by atoms with Gasteiger partial charge in [-0.2, -0.15) is 0 Å². The number of carboxylic acid groups (broad SMARTS) is 1. The molecule has 0 aromatic carbocycles. The molecule has 9 heteroatoms. The topological polar surface area (TPSA) is 108 Å². The Balaban J connectivity index is 4.22. The molecule has 0 saturated heterocycles. The van der Waals surface area contributed by atoms with E-state index in [1.54, 1.807) is 0 Å². The fourth-order valence-electron chi connectivity index (χ4n) is 8.54. The number of aliphatic carboxylic acids is 1. The number of carbonyl (C=O) groups excluding carboxylic acids is 2. The second-order valence-corrected chi connectivity index (χ2v) is 23.0. The van der Waals surface area contributed by atoms with Crippen molar-refractivity contribution in [3.05, 3.63) is 182 Å². The average Bonchev–Trinajstić information content (AvgIpc) is 3.55. The maximum atomic E-state index is 12.9. The van der Waals surface area contributed by atoms with Crippen molar-refractivity contribution in [1.82, 2.24) is 0 Å². The van der Waals surface area contributed by atoms with Crippen LogP contribution in [-0.4, -0.2) is 87.4 Å². The maximum absolute atomic E-state index is 12.9. The molecule has 0 bridgehead atoms. The van der Waals surface area contributed by atoms with Crippen molar-refractivity contribution in [1.29, 1.82) is 0 Å². The third kappa shape index (κ3) is 67.8. The summed E-state index contributed by atoms with van der Waals surface area (Å²) in [7, 11) is 5.95. The first-order chi connectivity index (χ1) is 42.6. The Hall–Kier alpha value is -5.61. The van der Waals surface area contributed by atoms with Crippen LogP contribution in [0, 0.1) is 0 Å². The van der Waals surface area contributed by atoms with Gasteiger partial charge in [0.05, 0.1) is 34.4 Å². The summed E-state index contributed by atoms with van der Waals surface area (Å²) >= 11 is 0. The van der Waals surface area contributed by atoms with E-state index in [-0.39, 0.29) is 38.6 Å². The van der Waals surface area contributed by atoms with Crippen molar-refractivity contribution in [2.45, 2.75) is 245 Å². The lowest BCUT2D eigenvalue weighted by atomic mass is 10.0. The van der Waals surface area contributed by atoms with Gasteiger partial charge in [0.1, 0.15) is 13.2 Å². The van der Waals surface area contributed by atoms with Gasteiger partial charge in [0.2, 0.25) is 0 Å². The smallest absolute Gasteiger partial charge is 0.361 e. The second-order valence-electron chi connectivity index (χ2n) is 23.0. The summed E-state index contributed by atoms with van der Waals surface area (Å²) in [5, 5.41) is 9.74. The van der Waals surface area contributed by atoms with Gasteiger partial charge < -0.3 is 28.5 Å². The highest BCUT2D eigenvalue weighted by Crippen LogP contribution is 2.15. The summed E-state index contributed by atoms with van der Waals surface area (Å²) < 4.78 is 22.9. The molecule has 2 atom stereocenters. The van der Waals surface area contributed by atoms with E-state index in [0.717, 1.165) is 148 Å². The molecule has 0 spiro atoms. The number of nitrogens with zero attached hydrogens (tertiary/aromatic N) is 1. The van der Waals surface area contributed by atoms with Crippen LogP contribution < -0.4 is 0 Å². The molecule has 2 unspecified atom stereocenters. The van der Waals surface area contributed by atoms with Crippen molar-refractivity contribution >= 4 is 17.9 Å².